The molecule has 0 bridgehead atoms. The van der Waals surface area contributed by atoms with Gasteiger partial charge in [0.25, 0.3) is 0 Å². The number of ether oxygens (including phenoxy) is 2. The number of thiol groups is 1. The third kappa shape index (κ3) is 5.47. The minimum Gasteiger partial charge on any atom is -0.480 e. The molecule has 3 atom stereocenters. The average Bonchev–Trinajstić information content (AvgIpc) is 3.62. The number of fused-ring (bicyclic) bond motifs is 1. The highest BCUT2D eigenvalue weighted by molar-refractivity contribution is 7.81. The fraction of sp³-hybridized carbons (Fsp3) is 0.276. The van der Waals surface area contributed by atoms with Gasteiger partial charge in [-0.2, -0.15) is 12.6 Å². The van der Waals surface area contributed by atoms with Crippen molar-refractivity contribution in [2.24, 2.45) is 0 Å². The minimum atomic E-state index is -1.04. The molecule has 2 N–H and O–H groups in total. The van der Waals surface area contributed by atoms with Crippen molar-refractivity contribution in [1.82, 2.24) is 10.2 Å². The van der Waals surface area contributed by atoms with Crippen LogP contribution in [0, 0.1) is 0 Å². The molecule has 0 saturated carbocycles. The first-order valence-corrected chi connectivity index (χ1v) is 13.0. The van der Waals surface area contributed by atoms with Crippen LogP contribution in [0.1, 0.15) is 29.2 Å². The topological polar surface area (TPSA) is 105 Å². The standard InChI is InChI=1S/C29H28N2O6S/c32-27(26(38)21-12-13-24-25(16-21)37-17-36-24)30-22(28(33)31-14-4-7-23(31)29(34)35)15-18-8-10-20(11-9-18)19-5-2-1-3-6-19/h1-3,5-6,8-13,16,22-23,26,38H,4,7,14-15,17H2,(H,30,32)(H,34,35)/t22-,23-,26-/m0/s1. The van der Waals surface area contributed by atoms with E-state index in [1.807, 2.05) is 54.6 Å². The number of likely N-dealkylation sites (tertiary alicyclic amines) is 1. The van der Waals surface area contributed by atoms with Gasteiger partial charge in [-0.05, 0) is 47.2 Å². The van der Waals surface area contributed by atoms with Gasteiger partial charge in [0.2, 0.25) is 18.6 Å². The Labute approximate surface area is 226 Å². The quantitative estimate of drug-likeness (QED) is 0.381. The van der Waals surface area contributed by atoms with Gasteiger partial charge >= 0.3 is 5.97 Å². The lowest BCUT2D eigenvalue weighted by molar-refractivity contribution is -0.149. The molecular formula is C29H28N2O6S. The fourth-order valence-electron chi connectivity index (χ4n) is 4.87. The number of benzene rings is 3. The molecular weight excluding hydrogens is 504 g/mol. The van der Waals surface area contributed by atoms with Gasteiger partial charge in [0, 0.05) is 13.0 Å². The number of carboxylic acids is 1. The number of amides is 2. The molecule has 9 heteroatoms. The maximum atomic E-state index is 13.6. The minimum absolute atomic E-state index is 0.114. The number of nitrogens with zero attached hydrogens (tertiary/aromatic N) is 1. The van der Waals surface area contributed by atoms with Gasteiger partial charge in [0.05, 0.1) is 0 Å². The zero-order valence-electron chi connectivity index (χ0n) is 20.6. The monoisotopic (exact) mass is 532 g/mol. The molecule has 5 rings (SSSR count). The molecule has 3 aromatic carbocycles. The highest BCUT2D eigenvalue weighted by Gasteiger charge is 2.38. The number of rotatable bonds is 8. The predicted octanol–water partition coefficient (Wildman–Crippen LogP) is 3.86. The zero-order chi connectivity index (χ0) is 26.6. The average molecular weight is 533 g/mol. The number of nitrogens with one attached hydrogen (secondary N) is 1. The van der Waals surface area contributed by atoms with Crippen molar-refractivity contribution in [2.75, 3.05) is 13.3 Å². The Hall–Kier alpha value is -3.98. The van der Waals surface area contributed by atoms with E-state index in [9.17, 15) is 19.5 Å². The molecule has 1 saturated heterocycles. The van der Waals surface area contributed by atoms with E-state index in [1.54, 1.807) is 18.2 Å². The van der Waals surface area contributed by atoms with Crippen molar-refractivity contribution in [1.29, 1.82) is 0 Å². The van der Waals surface area contributed by atoms with Crippen molar-refractivity contribution in [3.63, 3.8) is 0 Å². The van der Waals surface area contributed by atoms with Gasteiger partial charge in [-0.3, -0.25) is 9.59 Å². The lowest BCUT2D eigenvalue weighted by Crippen LogP contribution is -2.53. The second-order valence-corrected chi connectivity index (χ2v) is 9.89. The summed E-state index contributed by atoms with van der Waals surface area (Å²) in [6.07, 6.45) is 1.20. The molecule has 2 aliphatic rings. The van der Waals surface area contributed by atoms with Crippen molar-refractivity contribution in [3.8, 4) is 22.6 Å². The second kappa shape index (κ2) is 11.2. The van der Waals surface area contributed by atoms with Crippen LogP contribution in [0.4, 0.5) is 0 Å². The lowest BCUT2D eigenvalue weighted by Gasteiger charge is -2.28. The Kier molecular flexibility index (Phi) is 7.55. The van der Waals surface area contributed by atoms with Crippen LogP contribution in [0.15, 0.2) is 72.8 Å². The Morgan fingerprint density at radius 2 is 1.68 bits per heavy atom. The van der Waals surface area contributed by atoms with E-state index in [2.05, 4.69) is 17.9 Å². The van der Waals surface area contributed by atoms with Gasteiger partial charge < -0.3 is 24.8 Å². The van der Waals surface area contributed by atoms with Crippen molar-refractivity contribution in [3.05, 3.63) is 83.9 Å². The Bertz CT molecular complexity index is 1330. The Morgan fingerprint density at radius 1 is 0.974 bits per heavy atom. The molecule has 2 heterocycles. The van der Waals surface area contributed by atoms with Crippen LogP contribution in [0.5, 0.6) is 11.5 Å². The number of carbonyl (C=O) groups is 3. The largest absolute Gasteiger partial charge is 0.480 e. The first-order valence-electron chi connectivity index (χ1n) is 12.5. The Balaban J connectivity index is 1.36. The maximum Gasteiger partial charge on any atom is 0.326 e. The van der Waals surface area contributed by atoms with Gasteiger partial charge in [-0.25, -0.2) is 4.79 Å². The summed E-state index contributed by atoms with van der Waals surface area (Å²) in [6.45, 7) is 0.448. The third-order valence-corrected chi connectivity index (χ3v) is 7.43. The maximum absolute atomic E-state index is 13.6. The summed E-state index contributed by atoms with van der Waals surface area (Å²) in [6, 6.07) is 21.0. The summed E-state index contributed by atoms with van der Waals surface area (Å²) in [5.41, 5.74) is 3.54. The lowest BCUT2D eigenvalue weighted by atomic mass is 9.99. The fourth-order valence-corrected chi connectivity index (χ4v) is 5.11. The summed E-state index contributed by atoms with van der Waals surface area (Å²) in [5, 5.41) is 11.6. The SMILES string of the molecule is O=C(N[C@@H](Cc1ccc(-c2ccccc2)cc1)C(=O)N1CCC[C@H]1C(=O)O)[C@@H](S)c1ccc2c(c1)OCO2. The summed E-state index contributed by atoms with van der Waals surface area (Å²) < 4.78 is 10.7. The van der Waals surface area contributed by atoms with Crippen molar-refractivity contribution < 1.29 is 29.0 Å². The smallest absolute Gasteiger partial charge is 0.326 e. The molecule has 0 radical (unpaired) electrons. The van der Waals surface area contributed by atoms with Gasteiger partial charge in [-0.15, -0.1) is 0 Å². The molecule has 2 amide bonds. The van der Waals surface area contributed by atoms with Crippen molar-refractivity contribution >= 4 is 30.4 Å². The first-order chi connectivity index (χ1) is 18.4. The summed E-state index contributed by atoms with van der Waals surface area (Å²) in [4.78, 5) is 40.0. The van der Waals surface area contributed by atoms with Crippen LogP contribution in [-0.4, -0.2) is 53.2 Å². The highest BCUT2D eigenvalue weighted by atomic mass is 32.1. The molecule has 0 aromatic heterocycles. The van der Waals surface area contributed by atoms with E-state index in [0.717, 1.165) is 16.7 Å². The van der Waals surface area contributed by atoms with Crippen LogP contribution in [-0.2, 0) is 20.8 Å². The van der Waals surface area contributed by atoms with Crippen LogP contribution in [0.25, 0.3) is 11.1 Å². The number of hydrogen-bond acceptors (Lipinski definition) is 6. The molecule has 3 aromatic rings. The zero-order valence-corrected chi connectivity index (χ0v) is 21.5. The summed E-state index contributed by atoms with van der Waals surface area (Å²) in [5.74, 6) is -0.794. The van der Waals surface area contributed by atoms with E-state index in [0.29, 0.717) is 36.4 Å². The first kappa shape index (κ1) is 25.7. The molecule has 0 spiro atoms. The number of hydrogen-bond donors (Lipinski definition) is 3. The third-order valence-electron chi connectivity index (χ3n) is 6.90. The predicted molar refractivity (Wildman–Crippen MR) is 144 cm³/mol. The van der Waals surface area contributed by atoms with E-state index in [1.165, 1.54) is 4.90 Å². The molecule has 196 valence electrons. The normalized spacial score (nSPS) is 17.6. The van der Waals surface area contributed by atoms with E-state index in [4.69, 9.17) is 9.47 Å². The summed E-state index contributed by atoms with van der Waals surface area (Å²) in [7, 11) is 0. The highest BCUT2D eigenvalue weighted by Crippen LogP contribution is 2.35. The van der Waals surface area contributed by atoms with Gasteiger partial charge in [-0.1, -0.05) is 60.7 Å². The van der Waals surface area contributed by atoms with Crippen LogP contribution >= 0.6 is 12.6 Å². The number of carbonyl (C=O) groups excluding carboxylic acids is 2. The molecule has 8 nitrogen and oxygen atoms in total. The van der Waals surface area contributed by atoms with E-state index in [-0.39, 0.29) is 13.2 Å². The van der Waals surface area contributed by atoms with Gasteiger partial charge in [0.1, 0.15) is 17.3 Å². The molecule has 0 unspecified atom stereocenters. The van der Waals surface area contributed by atoms with Gasteiger partial charge in [0.15, 0.2) is 11.5 Å². The molecule has 38 heavy (non-hydrogen) atoms. The number of aliphatic carboxylic acids is 1. The van der Waals surface area contributed by atoms with Crippen molar-refractivity contribution in [2.45, 2.75) is 36.6 Å². The van der Waals surface area contributed by atoms with Crippen LogP contribution < -0.4 is 14.8 Å². The van der Waals surface area contributed by atoms with E-state index < -0.39 is 35.1 Å². The number of carboxylic acid groups (broad SMARTS) is 1. The van der Waals surface area contributed by atoms with E-state index >= 15 is 0 Å². The molecule has 2 aliphatic heterocycles. The Morgan fingerprint density at radius 3 is 2.42 bits per heavy atom. The summed E-state index contributed by atoms with van der Waals surface area (Å²) >= 11 is 4.51. The van der Waals surface area contributed by atoms with Crippen LogP contribution in [0.2, 0.25) is 0 Å². The molecule has 0 aliphatic carbocycles. The van der Waals surface area contributed by atoms with Crippen LogP contribution in [0.3, 0.4) is 0 Å². The second-order valence-electron chi connectivity index (χ2n) is 9.37. The molecule has 1 fully saturated rings.